The van der Waals surface area contributed by atoms with E-state index in [1.807, 2.05) is 0 Å². The molecular weight excluding hydrogens is 480 g/mol. The molecule has 0 saturated carbocycles. The van der Waals surface area contributed by atoms with Gasteiger partial charge in [0.15, 0.2) is 6.29 Å². The van der Waals surface area contributed by atoms with Gasteiger partial charge in [-0.15, -0.1) is 11.8 Å². The molecular formula is C24H25F2N3O5S. The van der Waals surface area contributed by atoms with Crippen molar-refractivity contribution in [1.29, 1.82) is 0 Å². The number of carbonyl (C=O) groups is 1. The number of carbonyl (C=O) groups excluding carboxylic acids is 1. The summed E-state index contributed by atoms with van der Waals surface area (Å²) in [5, 5.41) is 15.0. The number of hydrogen-bond donors (Lipinski definition) is 1. The predicted molar refractivity (Wildman–Crippen MR) is 124 cm³/mol. The molecule has 2 aromatic carbocycles. The summed E-state index contributed by atoms with van der Waals surface area (Å²) in [4.78, 5) is 15.7. The van der Waals surface area contributed by atoms with Crippen LogP contribution in [0.3, 0.4) is 0 Å². The number of aromatic nitrogens is 3. The van der Waals surface area contributed by atoms with Crippen LogP contribution in [-0.2, 0) is 26.4 Å². The van der Waals surface area contributed by atoms with Crippen molar-refractivity contribution in [3.05, 3.63) is 83.4 Å². The largest absolute Gasteiger partial charge is 0.465 e. The summed E-state index contributed by atoms with van der Waals surface area (Å²) >= 11 is 1.37. The number of methoxy groups -OCH3 is 1. The Balaban J connectivity index is 1.46. The van der Waals surface area contributed by atoms with Crippen molar-refractivity contribution in [2.24, 2.45) is 0 Å². The maximum atomic E-state index is 14.7. The summed E-state index contributed by atoms with van der Waals surface area (Å²) in [6.45, 7) is 2.28. The van der Waals surface area contributed by atoms with Gasteiger partial charge in [0.1, 0.15) is 29.9 Å². The highest BCUT2D eigenvalue weighted by atomic mass is 32.2. The highest BCUT2D eigenvalue weighted by Crippen LogP contribution is 2.39. The van der Waals surface area contributed by atoms with Crippen LogP contribution in [0.2, 0.25) is 0 Å². The molecule has 1 saturated heterocycles. The first kappa shape index (κ1) is 25.2. The van der Waals surface area contributed by atoms with E-state index in [9.17, 15) is 18.7 Å². The standard InChI is InChI=1S/C24H25F2N3O5S/c1-15(24(31,12-29-14-27-13-28-29)20-7-6-18(25)9-21(20)26)35-19-10-33-23(34-11-19)17-5-3-4-16(8-17)22(30)32-2/h3-9,13-15,19,23,31H,10-12H2,1-2H3/t15-,19-,23-,24-/m1/s1. The van der Waals surface area contributed by atoms with Crippen molar-refractivity contribution < 1.29 is 32.9 Å². The van der Waals surface area contributed by atoms with Crippen molar-refractivity contribution >= 4 is 17.7 Å². The molecule has 1 aromatic heterocycles. The number of benzene rings is 2. The van der Waals surface area contributed by atoms with E-state index in [1.165, 1.54) is 42.3 Å². The Labute approximate surface area is 205 Å². The van der Waals surface area contributed by atoms with Gasteiger partial charge in [0.2, 0.25) is 0 Å². The summed E-state index contributed by atoms with van der Waals surface area (Å²) in [5.41, 5.74) is -0.686. The van der Waals surface area contributed by atoms with Gasteiger partial charge in [-0.1, -0.05) is 25.1 Å². The number of ether oxygens (including phenoxy) is 3. The third-order valence-electron chi connectivity index (χ3n) is 5.78. The van der Waals surface area contributed by atoms with Gasteiger partial charge < -0.3 is 19.3 Å². The summed E-state index contributed by atoms with van der Waals surface area (Å²) in [5.74, 6) is -2.03. The van der Waals surface area contributed by atoms with Gasteiger partial charge in [-0.3, -0.25) is 0 Å². The Morgan fingerprint density at radius 2 is 2.06 bits per heavy atom. The number of aliphatic hydroxyl groups is 1. The van der Waals surface area contributed by atoms with Crippen molar-refractivity contribution in [3.8, 4) is 0 Å². The smallest absolute Gasteiger partial charge is 0.337 e. The van der Waals surface area contributed by atoms with Gasteiger partial charge in [-0.25, -0.2) is 23.2 Å². The second-order valence-electron chi connectivity index (χ2n) is 8.16. The first-order chi connectivity index (χ1) is 16.8. The van der Waals surface area contributed by atoms with Gasteiger partial charge in [0.25, 0.3) is 0 Å². The van der Waals surface area contributed by atoms with Gasteiger partial charge in [-0.05, 0) is 18.2 Å². The molecule has 4 rings (SSSR count). The molecule has 0 bridgehead atoms. The number of thioether (sulfide) groups is 1. The number of esters is 1. The summed E-state index contributed by atoms with van der Waals surface area (Å²) in [6, 6.07) is 9.92. The molecule has 0 spiro atoms. The van der Waals surface area contributed by atoms with E-state index in [0.29, 0.717) is 24.3 Å². The number of halogens is 2. The lowest BCUT2D eigenvalue weighted by Gasteiger charge is -2.37. The minimum absolute atomic E-state index is 0.0375. The molecule has 1 aliphatic heterocycles. The maximum absolute atomic E-state index is 14.7. The van der Waals surface area contributed by atoms with Crippen molar-refractivity contribution in [3.63, 3.8) is 0 Å². The Kier molecular flexibility index (Phi) is 7.80. The normalized spacial score (nSPS) is 20.7. The highest BCUT2D eigenvalue weighted by Gasteiger charge is 2.41. The van der Waals surface area contributed by atoms with Crippen LogP contribution in [0, 0.1) is 11.6 Å². The number of nitrogens with zero attached hydrogens (tertiary/aromatic N) is 3. The molecule has 0 amide bonds. The topological polar surface area (TPSA) is 95.7 Å². The lowest BCUT2D eigenvalue weighted by molar-refractivity contribution is -0.180. The van der Waals surface area contributed by atoms with Crippen LogP contribution in [0.25, 0.3) is 0 Å². The monoisotopic (exact) mass is 505 g/mol. The lowest BCUT2D eigenvalue weighted by Crippen LogP contribution is -2.43. The predicted octanol–water partition coefficient (Wildman–Crippen LogP) is 3.47. The Morgan fingerprint density at radius 3 is 2.71 bits per heavy atom. The molecule has 2 heterocycles. The fraction of sp³-hybridized carbons (Fsp3) is 0.375. The first-order valence-corrected chi connectivity index (χ1v) is 11.8. The summed E-state index contributed by atoms with van der Waals surface area (Å²) in [7, 11) is 1.31. The molecule has 0 aliphatic carbocycles. The Bertz CT molecular complexity index is 1160. The van der Waals surface area contributed by atoms with Crippen molar-refractivity contribution in [1.82, 2.24) is 14.8 Å². The van der Waals surface area contributed by atoms with Gasteiger partial charge >= 0.3 is 5.97 Å². The number of rotatable bonds is 8. The average molecular weight is 506 g/mol. The molecule has 1 N–H and O–H groups in total. The highest BCUT2D eigenvalue weighted by molar-refractivity contribution is 8.00. The van der Waals surface area contributed by atoms with E-state index < -0.39 is 34.7 Å². The van der Waals surface area contributed by atoms with Crippen LogP contribution in [0.5, 0.6) is 0 Å². The zero-order valence-electron chi connectivity index (χ0n) is 19.1. The Morgan fingerprint density at radius 1 is 1.29 bits per heavy atom. The fourth-order valence-corrected chi connectivity index (χ4v) is 5.24. The lowest BCUT2D eigenvalue weighted by atomic mass is 9.90. The van der Waals surface area contributed by atoms with Crippen LogP contribution in [0.15, 0.2) is 55.1 Å². The first-order valence-electron chi connectivity index (χ1n) is 10.9. The Hall–Kier alpha value is -2.86. The minimum atomic E-state index is -1.72. The molecule has 11 heteroatoms. The number of hydrogen-bond acceptors (Lipinski definition) is 8. The maximum Gasteiger partial charge on any atom is 0.337 e. The molecule has 2 atom stereocenters. The van der Waals surface area contributed by atoms with Gasteiger partial charge in [0, 0.05) is 22.4 Å². The van der Waals surface area contributed by atoms with Crippen molar-refractivity contribution in [2.45, 2.75) is 35.9 Å². The third kappa shape index (κ3) is 5.69. The van der Waals surface area contributed by atoms with Gasteiger partial charge in [0.05, 0.1) is 37.7 Å². The van der Waals surface area contributed by atoms with E-state index in [0.717, 1.165) is 12.1 Å². The molecule has 0 radical (unpaired) electrons. The zero-order valence-corrected chi connectivity index (χ0v) is 20.0. The SMILES string of the molecule is COC(=O)c1cccc([C@H]2OC[C@H](S[C@H](C)[C@](O)(Cn3cncn3)c3ccc(F)cc3F)CO2)c1. The van der Waals surface area contributed by atoms with E-state index in [1.54, 1.807) is 31.2 Å². The second kappa shape index (κ2) is 10.8. The molecule has 8 nitrogen and oxygen atoms in total. The molecule has 1 aliphatic rings. The van der Waals surface area contributed by atoms with Crippen LogP contribution in [0.1, 0.15) is 34.7 Å². The van der Waals surface area contributed by atoms with E-state index in [4.69, 9.17) is 14.2 Å². The third-order valence-corrected chi connectivity index (χ3v) is 7.24. The average Bonchev–Trinajstić information content (AvgIpc) is 3.36. The summed E-state index contributed by atoms with van der Waals surface area (Å²) < 4.78 is 46.2. The van der Waals surface area contributed by atoms with Crippen LogP contribution in [-0.4, -0.2) is 56.7 Å². The van der Waals surface area contributed by atoms with Crippen LogP contribution < -0.4 is 0 Å². The second-order valence-corrected chi connectivity index (χ2v) is 9.80. The molecule has 35 heavy (non-hydrogen) atoms. The van der Waals surface area contributed by atoms with Crippen LogP contribution >= 0.6 is 11.8 Å². The van der Waals surface area contributed by atoms with Crippen LogP contribution in [0.4, 0.5) is 8.78 Å². The van der Waals surface area contributed by atoms with Crippen molar-refractivity contribution in [2.75, 3.05) is 20.3 Å². The van der Waals surface area contributed by atoms with E-state index in [-0.39, 0.29) is 17.4 Å². The van der Waals surface area contributed by atoms with E-state index >= 15 is 0 Å². The summed E-state index contributed by atoms with van der Waals surface area (Å²) in [6.07, 6.45) is 2.08. The quantitative estimate of drug-likeness (QED) is 0.465. The zero-order chi connectivity index (χ0) is 25.0. The fourth-order valence-electron chi connectivity index (χ4n) is 3.92. The molecule has 186 valence electrons. The van der Waals surface area contributed by atoms with E-state index in [2.05, 4.69) is 10.1 Å². The molecule has 0 unspecified atom stereocenters. The van der Waals surface area contributed by atoms with Gasteiger partial charge in [-0.2, -0.15) is 5.10 Å². The molecule has 3 aromatic rings. The molecule has 1 fully saturated rings. The minimum Gasteiger partial charge on any atom is -0.465 e.